The van der Waals surface area contributed by atoms with Gasteiger partial charge >= 0.3 is 0 Å². The number of nitrogens with one attached hydrogen (secondary N) is 1. The molecule has 1 aliphatic rings. The fraction of sp³-hybridized carbons (Fsp3) is 0.538. The molecule has 0 bridgehead atoms. The van der Waals surface area contributed by atoms with Crippen LogP contribution in [0.2, 0.25) is 0 Å². The molecule has 0 fully saturated rings. The van der Waals surface area contributed by atoms with E-state index >= 15 is 0 Å². The maximum Gasteiger partial charge on any atom is 0.0667 e. The second-order valence-electron chi connectivity index (χ2n) is 4.26. The molecule has 16 heavy (non-hydrogen) atoms. The van der Waals surface area contributed by atoms with Crippen LogP contribution in [0.1, 0.15) is 12.5 Å². The van der Waals surface area contributed by atoms with Crippen LogP contribution in [0.25, 0.3) is 0 Å². The summed E-state index contributed by atoms with van der Waals surface area (Å²) in [5, 5.41) is 4.15. The summed E-state index contributed by atoms with van der Waals surface area (Å²) in [6.07, 6.45) is 1.49. The maximum atomic E-state index is 5.21. The van der Waals surface area contributed by atoms with Crippen LogP contribution < -0.4 is 5.32 Å². The molecule has 1 N–H and O–H groups in total. The van der Waals surface area contributed by atoms with Crippen LogP contribution in [0.5, 0.6) is 0 Å². The first-order valence-corrected chi connectivity index (χ1v) is 6.65. The predicted octanol–water partition coefficient (Wildman–Crippen LogP) is 2.33. The van der Waals surface area contributed by atoms with E-state index in [0.29, 0.717) is 11.4 Å². The number of benzene rings is 1. The van der Waals surface area contributed by atoms with Crippen molar-refractivity contribution in [3.05, 3.63) is 29.8 Å². The number of hydrogen-bond donors (Lipinski definition) is 1. The van der Waals surface area contributed by atoms with Crippen LogP contribution in [0, 0.1) is 0 Å². The number of methoxy groups -OCH3 is 1. The van der Waals surface area contributed by atoms with Gasteiger partial charge in [0.15, 0.2) is 0 Å². The second-order valence-corrected chi connectivity index (χ2v) is 5.60. The molecule has 88 valence electrons. The van der Waals surface area contributed by atoms with E-state index in [1.807, 2.05) is 11.8 Å². The van der Waals surface area contributed by atoms with Gasteiger partial charge in [-0.05, 0) is 25.0 Å². The van der Waals surface area contributed by atoms with Crippen molar-refractivity contribution < 1.29 is 4.74 Å². The van der Waals surface area contributed by atoms with Gasteiger partial charge in [0.25, 0.3) is 0 Å². The summed E-state index contributed by atoms with van der Waals surface area (Å²) < 4.78 is 5.21. The highest BCUT2D eigenvalue weighted by atomic mass is 32.2. The molecule has 2 unspecified atom stereocenters. The van der Waals surface area contributed by atoms with Crippen LogP contribution in [-0.4, -0.2) is 31.6 Å². The summed E-state index contributed by atoms with van der Waals surface area (Å²) in [5.41, 5.74) is 1.50. The highest BCUT2D eigenvalue weighted by molar-refractivity contribution is 8.00. The van der Waals surface area contributed by atoms with E-state index < -0.39 is 0 Å². The van der Waals surface area contributed by atoms with Gasteiger partial charge in [0.05, 0.1) is 6.10 Å². The Morgan fingerprint density at radius 3 is 3.06 bits per heavy atom. The molecule has 1 aliphatic heterocycles. The first-order valence-electron chi connectivity index (χ1n) is 5.77. The first-order chi connectivity index (χ1) is 7.79. The molecule has 2 atom stereocenters. The van der Waals surface area contributed by atoms with Crippen LogP contribution in [0.3, 0.4) is 0 Å². The quantitative estimate of drug-likeness (QED) is 0.849. The molecule has 1 heterocycles. The van der Waals surface area contributed by atoms with Crippen LogP contribution in [-0.2, 0) is 11.2 Å². The lowest BCUT2D eigenvalue weighted by molar-refractivity contribution is 0.117. The van der Waals surface area contributed by atoms with Crippen molar-refractivity contribution in [3.63, 3.8) is 0 Å². The van der Waals surface area contributed by atoms with E-state index in [1.165, 1.54) is 16.9 Å². The van der Waals surface area contributed by atoms with Crippen molar-refractivity contribution in [1.82, 2.24) is 5.32 Å². The molecule has 0 saturated heterocycles. The van der Waals surface area contributed by atoms with E-state index in [4.69, 9.17) is 4.74 Å². The van der Waals surface area contributed by atoms with Crippen molar-refractivity contribution in [3.8, 4) is 0 Å². The summed E-state index contributed by atoms with van der Waals surface area (Å²) in [5.74, 6) is 0. The Kier molecular flexibility index (Phi) is 4.27. The van der Waals surface area contributed by atoms with Gasteiger partial charge in [-0.3, -0.25) is 0 Å². The van der Waals surface area contributed by atoms with Crippen molar-refractivity contribution in [1.29, 1.82) is 0 Å². The predicted molar refractivity (Wildman–Crippen MR) is 69.1 cm³/mol. The summed E-state index contributed by atoms with van der Waals surface area (Å²) in [4.78, 5) is 1.45. The highest BCUT2D eigenvalue weighted by Crippen LogP contribution is 2.36. The lowest BCUT2D eigenvalue weighted by atomic mass is 10.1. The summed E-state index contributed by atoms with van der Waals surface area (Å²) in [7, 11) is 1.76. The Balaban J connectivity index is 1.75. The van der Waals surface area contributed by atoms with E-state index in [0.717, 1.165) is 13.1 Å². The molecular formula is C13H19NOS. The largest absolute Gasteiger partial charge is 0.380 e. The van der Waals surface area contributed by atoms with Crippen molar-refractivity contribution >= 4 is 11.8 Å². The number of ether oxygens (including phenoxy) is 1. The molecule has 0 spiro atoms. The third kappa shape index (κ3) is 3.00. The van der Waals surface area contributed by atoms with E-state index in [2.05, 4.69) is 36.5 Å². The van der Waals surface area contributed by atoms with Crippen molar-refractivity contribution in [2.75, 3.05) is 20.2 Å². The van der Waals surface area contributed by atoms with Crippen LogP contribution in [0.4, 0.5) is 0 Å². The van der Waals surface area contributed by atoms with Gasteiger partial charge in [0, 0.05) is 30.3 Å². The molecule has 1 aromatic rings. The zero-order valence-electron chi connectivity index (χ0n) is 9.90. The molecule has 0 aliphatic carbocycles. The molecule has 0 saturated carbocycles. The third-order valence-electron chi connectivity index (χ3n) is 2.92. The summed E-state index contributed by atoms with van der Waals surface area (Å²) in [6.45, 7) is 4.08. The summed E-state index contributed by atoms with van der Waals surface area (Å²) >= 11 is 1.99. The second kappa shape index (κ2) is 5.71. The third-order valence-corrected chi connectivity index (χ3v) is 4.24. The lowest BCUT2D eigenvalue weighted by Gasteiger charge is -2.13. The number of fused-ring (bicyclic) bond motifs is 1. The smallest absolute Gasteiger partial charge is 0.0667 e. The average molecular weight is 237 g/mol. The van der Waals surface area contributed by atoms with Gasteiger partial charge in [0.2, 0.25) is 0 Å². The van der Waals surface area contributed by atoms with Gasteiger partial charge in [-0.2, -0.15) is 0 Å². The Labute approximate surface area is 102 Å². The monoisotopic (exact) mass is 237 g/mol. The minimum Gasteiger partial charge on any atom is -0.380 e. The van der Waals surface area contributed by atoms with Crippen LogP contribution in [0.15, 0.2) is 29.2 Å². The highest BCUT2D eigenvalue weighted by Gasteiger charge is 2.21. The molecule has 0 amide bonds. The van der Waals surface area contributed by atoms with E-state index in [1.54, 1.807) is 7.11 Å². The minimum atomic E-state index is 0.300. The van der Waals surface area contributed by atoms with Crippen molar-refractivity contribution in [2.24, 2.45) is 0 Å². The standard InChI is InChI=1S/C13H19NOS/c1-10(15-2)8-14-9-12-7-11-5-3-4-6-13(11)16-12/h3-6,10,12,14H,7-9H2,1-2H3. The minimum absolute atomic E-state index is 0.300. The number of hydrogen-bond acceptors (Lipinski definition) is 3. The van der Waals surface area contributed by atoms with Crippen LogP contribution >= 0.6 is 11.8 Å². The topological polar surface area (TPSA) is 21.3 Å². The van der Waals surface area contributed by atoms with Gasteiger partial charge in [0.1, 0.15) is 0 Å². The Morgan fingerprint density at radius 2 is 2.31 bits per heavy atom. The van der Waals surface area contributed by atoms with E-state index in [9.17, 15) is 0 Å². The molecule has 0 radical (unpaired) electrons. The van der Waals surface area contributed by atoms with E-state index in [-0.39, 0.29) is 0 Å². The van der Waals surface area contributed by atoms with Gasteiger partial charge in [-0.1, -0.05) is 18.2 Å². The number of thioether (sulfide) groups is 1. The zero-order valence-corrected chi connectivity index (χ0v) is 10.7. The molecule has 1 aromatic carbocycles. The first kappa shape index (κ1) is 12.0. The molecule has 2 rings (SSSR count). The van der Waals surface area contributed by atoms with Gasteiger partial charge in [-0.25, -0.2) is 0 Å². The normalized spacial score (nSPS) is 20.8. The zero-order chi connectivity index (χ0) is 11.4. The molecule has 2 nitrogen and oxygen atoms in total. The Morgan fingerprint density at radius 1 is 1.50 bits per heavy atom. The van der Waals surface area contributed by atoms with Gasteiger partial charge < -0.3 is 10.1 Å². The fourth-order valence-electron chi connectivity index (χ4n) is 1.90. The SMILES string of the molecule is COC(C)CNCC1Cc2ccccc2S1. The summed E-state index contributed by atoms with van der Waals surface area (Å²) in [6, 6.07) is 8.70. The lowest BCUT2D eigenvalue weighted by Crippen LogP contribution is -2.31. The molecular weight excluding hydrogens is 218 g/mol. The number of rotatable bonds is 5. The maximum absolute atomic E-state index is 5.21. The van der Waals surface area contributed by atoms with Crippen molar-refractivity contribution in [2.45, 2.75) is 29.6 Å². The van der Waals surface area contributed by atoms with Gasteiger partial charge in [-0.15, -0.1) is 11.8 Å². The Hall–Kier alpha value is -0.510. The molecule has 0 aromatic heterocycles. The average Bonchev–Trinajstić information content (AvgIpc) is 2.71. The Bertz CT molecular complexity index is 317. The molecule has 3 heteroatoms. The fourth-order valence-corrected chi connectivity index (χ4v) is 3.18.